The number of ether oxygens (including phenoxy) is 1. The molecule has 0 N–H and O–H groups in total. The van der Waals surface area contributed by atoms with E-state index in [1.165, 1.54) is 11.1 Å². The van der Waals surface area contributed by atoms with Gasteiger partial charge in [-0.25, -0.2) is 4.79 Å². The van der Waals surface area contributed by atoms with Crippen LogP contribution >= 0.6 is 0 Å². The molecule has 1 aromatic heterocycles. The van der Waals surface area contributed by atoms with Gasteiger partial charge in [0, 0.05) is 19.7 Å². The Labute approximate surface area is 170 Å². The Morgan fingerprint density at radius 2 is 1.97 bits per heavy atom. The summed E-state index contributed by atoms with van der Waals surface area (Å²) in [5.74, 6) is 0.345. The molecule has 1 atom stereocenters. The number of benzene rings is 1. The number of nitrogens with zero attached hydrogens (tertiary/aromatic N) is 1. The van der Waals surface area contributed by atoms with Crippen molar-refractivity contribution in [1.82, 2.24) is 4.90 Å². The van der Waals surface area contributed by atoms with Crippen molar-refractivity contribution in [2.45, 2.75) is 57.0 Å². The van der Waals surface area contributed by atoms with E-state index in [2.05, 4.69) is 24.3 Å². The van der Waals surface area contributed by atoms with Crippen molar-refractivity contribution in [2.75, 3.05) is 19.7 Å². The van der Waals surface area contributed by atoms with Crippen LogP contribution in [0.5, 0.6) is 0 Å². The number of carbonyl (C=O) groups excluding carboxylic acids is 1. The van der Waals surface area contributed by atoms with Crippen molar-refractivity contribution in [2.24, 2.45) is 0 Å². The van der Waals surface area contributed by atoms with E-state index < -0.39 is 5.63 Å². The second kappa shape index (κ2) is 7.13. The fourth-order valence-corrected chi connectivity index (χ4v) is 5.43. The topological polar surface area (TPSA) is 59.8 Å². The maximum atomic E-state index is 13.2. The van der Waals surface area contributed by atoms with Gasteiger partial charge in [-0.05, 0) is 73.6 Å². The zero-order valence-electron chi connectivity index (χ0n) is 16.9. The lowest BCUT2D eigenvalue weighted by Gasteiger charge is -2.40. The minimum absolute atomic E-state index is 0.164. The number of hydrogen-bond donors (Lipinski definition) is 0. The van der Waals surface area contributed by atoms with Gasteiger partial charge >= 0.3 is 5.63 Å². The van der Waals surface area contributed by atoms with E-state index in [1.807, 2.05) is 17.9 Å². The lowest BCUT2D eigenvalue weighted by atomic mass is 9.74. The van der Waals surface area contributed by atoms with E-state index in [-0.39, 0.29) is 23.0 Å². The third kappa shape index (κ3) is 3.12. The summed E-state index contributed by atoms with van der Waals surface area (Å²) < 4.78 is 11.1. The molecule has 0 saturated carbocycles. The van der Waals surface area contributed by atoms with Gasteiger partial charge in [0.2, 0.25) is 0 Å². The highest BCUT2D eigenvalue weighted by molar-refractivity contribution is 5.95. The molecule has 152 valence electrons. The fraction of sp³-hybridized carbons (Fsp3) is 0.500. The molecule has 0 bridgehead atoms. The molecule has 1 amide bonds. The number of hydrogen-bond acceptors (Lipinski definition) is 4. The van der Waals surface area contributed by atoms with Crippen LogP contribution in [-0.4, -0.2) is 30.5 Å². The molecule has 0 radical (unpaired) electrons. The molecule has 2 fully saturated rings. The number of piperidine rings is 1. The minimum Gasteiger partial charge on any atom is -0.424 e. The molecule has 1 aliphatic carbocycles. The molecular formula is C24H27NO4. The first kappa shape index (κ1) is 18.6. The lowest BCUT2D eigenvalue weighted by Crippen LogP contribution is -2.45. The van der Waals surface area contributed by atoms with E-state index >= 15 is 0 Å². The van der Waals surface area contributed by atoms with Gasteiger partial charge in [0.1, 0.15) is 17.4 Å². The smallest absolute Gasteiger partial charge is 0.349 e. The summed E-state index contributed by atoms with van der Waals surface area (Å²) in [6.07, 6.45) is 5.84. The Kier molecular flexibility index (Phi) is 4.58. The Morgan fingerprint density at radius 1 is 1.17 bits per heavy atom. The van der Waals surface area contributed by atoms with Gasteiger partial charge in [-0.15, -0.1) is 0 Å². The molecule has 29 heavy (non-hydrogen) atoms. The van der Waals surface area contributed by atoms with Crippen LogP contribution < -0.4 is 5.63 Å². The third-order valence-electron chi connectivity index (χ3n) is 7.10. The number of likely N-dealkylation sites (tertiary alicyclic amines) is 1. The zero-order valence-corrected chi connectivity index (χ0v) is 16.9. The van der Waals surface area contributed by atoms with Gasteiger partial charge in [0.05, 0.1) is 0 Å². The fourth-order valence-electron chi connectivity index (χ4n) is 5.43. The van der Waals surface area contributed by atoms with Gasteiger partial charge in [0.25, 0.3) is 5.91 Å². The molecule has 1 spiro atoms. The lowest BCUT2D eigenvalue weighted by molar-refractivity contribution is 0.0654. The second-order valence-electron chi connectivity index (χ2n) is 8.73. The maximum absolute atomic E-state index is 13.2. The van der Waals surface area contributed by atoms with Gasteiger partial charge < -0.3 is 14.1 Å². The van der Waals surface area contributed by atoms with Crippen LogP contribution in [0.3, 0.4) is 0 Å². The SMILES string of the molecule is Cc1cc(C2CCCO2)oc(=O)c1C(=O)N1CCC2(CCc3ccccc32)CC1. The molecule has 5 heteroatoms. The average molecular weight is 393 g/mol. The van der Waals surface area contributed by atoms with Crippen LogP contribution in [-0.2, 0) is 16.6 Å². The summed E-state index contributed by atoms with van der Waals surface area (Å²) in [6, 6.07) is 10.5. The van der Waals surface area contributed by atoms with Crippen LogP contribution in [0.25, 0.3) is 0 Å². The summed E-state index contributed by atoms with van der Waals surface area (Å²) in [7, 11) is 0. The second-order valence-corrected chi connectivity index (χ2v) is 8.73. The van der Waals surface area contributed by atoms with E-state index in [1.54, 1.807) is 0 Å². The zero-order chi connectivity index (χ0) is 20.0. The minimum atomic E-state index is -0.535. The summed E-state index contributed by atoms with van der Waals surface area (Å²) in [5, 5.41) is 0. The van der Waals surface area contributed by atoms with Crippen molar-refractivity contribution in [3.63, 3.8) is 0 Å². The van der Waals surface area contributed by atoms with Crippen LogP contribution in [0, 0.1) is 6.92 Å². The number of fused-ring (bicyclic) bond motifs is 2. The first-order chi connectivity index (χ1) is 14.1. The third-order valence-corrected chi connectivity index (χ3v) is 7.10. The highest BCUT2D eigenvalue weighted by Gasteiger charge is 2.42. The number of carbonyl (C=O) groups is 1. The highest BCUT2D eigenvalue weighted by Crippen LogP contribution is 2.46. The number of rotatable bonds is 2. The van der Waals surface area contributed by atoms with Crippen molar-refractivity contribution < 1.29 is 13.9 Å². The van der Waals surface area contributed by atoms with E-state index in [0.29, 0.717) is 31.0 Å². The molecule has 1 aromatic carbocycles. The Morgan fingerprint density at radius 3 is 2.69 bits per heavy atom. The van der Waals surface area contributed by atoms with E-state index in [4.69, 9.17) is 9.15 Å². The first-order valence-corrected chi connectivity index (χ1v) is 10.7. The van der Waals surface area contributed by atoms with E-state index in [0.717, 1.165) is 38.5 Å². The molecule has 1 unspecified atom stereocenters. The summed E-state index contributed by atoms with van der Waals surface area (Å²) in [6.45, 7) is 3.87. The maximum Gasteiger partial charge on any atom is 0.349 e. The summed E-state index contributed by atoms with van der Waals surface area (Å²) in [5.41, 5.74) is 3.43. The molecule has 2 aliphatic heterocycles. The molecule has 3 heterocycles. The first-order valence-electron chi connectivity index (χ1n) is 10.7. The Hall–Kier alpha value is -2.40. The van der Waals surface area contributed by atoms with Crippen molar-refractivity contribution in [1.29, 1.82) is 0 Å². The van der Waals surface area contributed by atoms with Crippen LogP contribution in [0.1, 0.15) is 71.0 Å². The van der Waals surface area contributed by atoms with Crippen molar-refractivity contribution in [3.8, 4) is 0 Å². The van der Waals surface area contributed by atoms with Crippen molar-refractivity contribution in [3.05, 3.63) is 68.8 Å². The van der Waals surface area contributed by atoms with Gasteiger partial charge in [-0.3, -0.25) is 4.79 Å². The average Bonchev–Trinajstić information content (AvgIpc) is 3.38. The molecular weight excluding hydrogens is 366 g/mol. The molecule has 2 aromatic rings. The van der Waals surface area contributed by atoms with Gasteiger partial charge in [0.15, 0.2) is 0 Å². The molecule has 5 nitrogen and oxygen atoms in total. The Balaban J connectivity index is 1.34. The normalized spacial score (nSPS) is 22.8. The van der Waals surface area contributed by atoms with E-state index in [9.17, 15) is 9.59 Å². The number of aryl methyl sites for hydroxylation is 2. The predicted octanol–water partition coefficient (Wildman–Crippen LogP) is 3.92. The standard InChI is InChI=1S/C24H27NO4/c1-16-15-20(19-7-4-14-28-19)29-23(27)21(16)22(26)25-12-10-24(11-13-25)9-8-17-5-2-3-6-18(17)24/h2-3,5-6,15,19H,4,7-14H2,1H3. The number of amides is 1. The van der Waals surface area contributed by atoms with Gasteiger partial charge in [-0.2, -0.15) is 0 Å². The predicted molar refractivity (Wildman–Crippen MR) is 109 cm³/mol. The van der Waals surface area contributed by atoms with Gasteiger partial charge in [-0.1, -0.05) is 24.3 Å². The molecule has 3 aliphatic rings. The molecule has 2 saturated heterocycles. The molecule has 5 rings (SSSR count). The van der Waals surface area contributed by atoms with Crippen LogP contribution in [0.15, 0.2) is 39.5 Å². The van der Waals surface area contributed by atoms with Crippen LogP contribution in [0.4, 0.5) is 0 Å². The summed E-state index contributed by atoms with van der Waals surface area (Å²) >= 11 is 0. The monoisotopic (exact) mass is 393 g/mol. The van der Waals surface area contributed by atoms with Crippen molar-refractivity contribution >= 4 is 5.91 Å². The quantitative estimate of drug-likeness (QED) is 0.776. The highest BCUT2D eigenvalue weighted by atomic mass is 16.5. The Bertz CT molecular complexity index is 994. The van der Waals surface area contributed by atoms with Crippen LogP contribution in [0.2, 0.25) is 0 Å². The summed E-state index contributed by atoms with van der Waals surface area (Å²) in [4.78, 5) is 27.6. The largest absolute Gasteiger partial charge is 0.424 e.